The van der Waals surface area contributed by atoms with Crippen molar-refractivity contribution in [3.63, 3.8) is 0 Å². The Morgan fingerprint density at radius 1 is 1.09 bits per heavy atom. The minimum Gasteiger partial charge on any atom is -0.486 e. The molecule has 0 aliphatic heterocycles. The zero-order valence-corrected chi connectivity index (χ0v) is 21.2. The van der Waals surface area contributed by atoms with E-state index < -0.39 is 5.91 Å². The smallest absolute Gasteiger partial charge is 0.266 e. The molecule has 3 aromatic rings. The van der Waals surface area contributed by atoms with E-state index in [0.717, 1.165) is 14.7 Å². The first-order valence-electron chi connectivity index (χ1n) is 9.32. The number of ether oxygens (including phenoxy) is 1. The second kappa shape index (κ2) is 11.1. The Kier molecular flexibility index (Phi) is 8.44. The van der Waals surface area contributed by atoms with E-state index in [-0.39, 0.29) is 15.6 Å². The lowest BCUT2D eigenvalue weighted by Crippen LogP contribution is -2.14. The molecule has 0 fully saturated rings. The van der Waals surface area contributed by atoms with Crippen LogP contribution in [0, 0.1) is 21.8 Å². The molecule has 0 aromatic heterocycles. The maximum atomic E-state index is 12.6. The minimum absolute atomic E-state index is 0.107. The van der Waals surface area contributed by atoms with Crippen LogP contribution in [-0.2, 0) is 11.4 Å². The zero-order valence-electron chi connectivity index (χ0n) is 16.8. The average Bonchev–Trinajstić information content (AvgIpc) is 2.75. The molecule has 0 heterocycles. The molecule has 0 bridgehead atoms. The highest BCUT2D eigenvalue weighted by molar-refractivity contribution is 14.1. The first kappa shape index (κ1) is 24.4. The third-order valence-electron chi connectivity index (χ3n) is 4.44. The Labute approximate surface area is 214 Å². The number of nitriles is 1. The summed E-state index contributed by atoms with van der Waals surface area (Å²) in [7, 11) is 0. The van der Waals surface area contributed by atoms with Crippen LogP contribution in [0.4, 0.5) is 5.69 Å². The number of benzene rings is 3. The summed E-state index contributed by atoms with van der Waals surface area (Å²) in [5, 5.41) is 13.2. The number of amides is 1. The first-order chi connectivity index (χ1) is 15.3. The van der Waals surface area contributed by atoms with Gasteiger partial charge in [0, 0.05) is 14.3 Å². The SMILES string of the molecule is Cc1ccc(Cl)cc1NC(=O)/C(C#N)=C/c1cc(Cl)c(OCc2ccc(I)cc2)c(Cl)c1. The van der Waals surface area contributed by atoms with Gasteiger partial charge < -0.3 is 10.1 Å². The van der Waals surface area contributed by atoms with Crippen LogP contribution < -0.4 is 10.1 Å². The number of aryl methyl sites for hydroxylation is 1. The maximum Gasteiger partial charge on any atom is 0.266 e. The maximum absolute atomic E-state index is 12.6. The molecule has 0 aliphatic rings. The van der Waals surface area contributed by atoms with Crippen molar-refractivity contribution in [2.24, 2.45) is 0 Å². The topological polar surface area (TPSA) is 62.1 Å². The summed E-state index contributed by atoms with van der Waals surface area (Å²) in [6, 6.07) is 18.1. The Hall–Kier alpha value is -2.24. The molecule has 3 aromatic carbocycles. The van der Waals surface area contributed by atoms with Crippen molar-refractivity contribution in [1.29, 1.82) is 5.26 Å². The van der Waals surface area contributed by atoms with Crippen LogP contribution in [-0.4, -0.2) is 5.91 Å². The quantitative estimate of drug-likeness (QED) is 0.180. The molecule has 0 saturated heterocycles. The molecule has 1 amide bonds. The molecule has 162 valence electrons. The molecule has 3 rings (SSSR count). The largest absolute Gasteiger partial charge is 0.486 e. The summed E-state index contributed by atoms with van der Waals surface area (Å²) in [4.78, 5) is 12.6. The summed E-state index contributed by atoms with van der Waals surface area (Å²) in [5.74, 6) is -0.231. The highest BCUT2D eigenvalue weighted by Gasteiger charge is 2.14. The van der Waals surface area contributed by atoms with Crippen LogP contribution in [0.25, 0.3) is 6.08 Å². The van der Waals surface area contributed by atoms with Gasteiger partial charge in [-0.3, -0.25) is 4.79 Å². The number of rotatable bonds is 6. The number of halogens is 4. The predicted octanol–water partition coefficient (Wildman–Crippen LogP) is 7.68. The number of anilines is 1. The number of carbonyl (C=O) groups excluding carboxylic acids is 1. The first-order valence-corrected chi connectivity index (χ1v) is 11.5. The van der Waals surface area contributed by atoms with Crippen molar-refractivity contribution in [3.8, 4) is 11.8 Å². The van der Waals surface area contributed by atoms with Crippen LogP contribution in [0.15, 0.2) is 60.2 Å². The molecule has 0 aliphatic carbocycles. The van der Waals surface area contributed by atoms with Gasteiger partial charge in [0.1, 0.15) is 18.2 Å². The summed E-state index contributed by atoms with van der Waals surface area (Å²) in [5.41, 5.74) is 2.71. The Balaban J connectivity index is 1.78. The zero-order chi connectivity index (χ0) is 23.3. The summed E-state index contributed by atoms with van der Waals surface area (Å²) >= 11 is 20.9. The molecular formula is C24H16Cl3IN2O2. The lowest BCUT2D eigenvalue weighted by Gasteiger charge is -2.12. The van der Waals surface area contributed by atoms with E-state index in [1.807, 2.05) is 37.3 Å². The van der Waals surface area contributed by atoms with Crippen LogP contribution in [0.3, 0.4) is 0 Å². The van der Waals surface area contributed by atoms with Gasteiger partial charge in [0.2, 0.25) is 0 Å². The highest BCUT2D eigenvalue weighted by Crippen LogP contribution is 2.35. The Bertz CT molecular complexity index is 1210. The van der Waals surface area contributed by atoms with Crippen molar-refractivity contribution >= 4 is 75.1 Å². The number of nitrogens with zero attached hydrogens (tertiary/aromatic N) is 1. The molecule has 8 heteroatoms. The van der Waals surface area contributed by atoms with Crippen molar-refractivity contribution in [2.45, 2.75) is 13.5 Å². The monoisotopic (exact) mass is 596 g/mol. The fourth-order valence-electron chi connectivity index (χ4n) is 2.77. The van der Waals surface area contributed by atoms with Crippen LogP contribution in [0.2, 0.25) is 15.1 Å². The molecule has 0 radical (unpaired) electrons. The Morgan fingerprint density at radius 2 is 1.75 bits per heavy atom. The van der Waals surface area contributed by atoms with Gasteiger partial charge in [0.25, 0.3) is 5.91 Å². The van der Waals surface area contributed by atoms with Crippen molar-refractivity contribution < 1.29 is 9.53 Å². The van der Waals surface area contributed by atoms with Gasteiger partial charge in [-0.25, -0.2) is 0 Å². The normalized spacial score (nSPS) is 11.1. The fraction of sp³-hybridized carbons (Fsp3) is 0.0833. The van der Waals surface area contributed by atoms with E-state index in [9.17, 15) is 10.1 Å². The molecule has 1 N–H and O–H groups in total. The van der Waals surface area contributed by atoms with Gasteiger partial charge >= 0.3 is 0 Å². The molecule has 0 saturated carbocycles. The minimum atomic E-state index is -0.566. The van der Waals surface area contributed by atoms with E-state index >= 15 is 0 Å². The number of hydrogen-bond acceptors (Lipinski definition) is 3. The number of hydrogen-bond donors (Lipinski definition) is 1. The van der Waals surface area contributed by atoms with Crippen molar-refractivity contribution in [3.05, 3.63) is 95.5 Å². The van der Waals surface area contributed by atoms with Crippen molar-refractivity contribution in [2.75, 3.05) is 5.32 Å². The van der Waals surface area contributed by atoms with Gasteiger partial charge in [-0.2, -0.15) is 5.26 Å². The van der Waals surface area contributed by atoms with E-state index in [4.69, 9.17) is 39.5 Å². The molecule has 4 nitrogen and oxygen atoms in total. The van der Waals surface area contributed by atoms with Gasteiger partial charge in [-0.15, -0.1) is 0 Å². The third kappa shape index (κ3) is 6.39. The van der Waals surface area contributed by atoms with Crippen LogP contribution in [0.1, 0.15) is 16.7 Å². The molecule has 0 spiro atoms. The van der Waals surface area contributed by atoms with Crippen LogP contribution in [0.5, 0.6) is 5.75 Å². The molecule has 0 atom stereocenters. The molecule has 32 heavy (non-hydrogen) atoms. The summed E-state index contributed by atoms with van der Waals surface area (Å²) in [6.45, 7) is 2.13. The predicted molar refractivity (Wildman–Crippen MR) is 138 cm³/mol. The molecule has 0 unspecified atom stereocenters. The average molecular weight is 598 g/mol. The standard InChI is InChI=1S/C24H16Cl3IN2O2/c1-14-2-5-18(25)11-22(14)30-24(31)17(12-29)8-16-9-20(26)23(21(27)10-16)32-13-15-3-6-19(28)7-4-15/h2-11H,13H2,1H3,(H,30,31)/b17-8+. The third-order valence-corrected chi connectivity index (χ3v) is 5.96. The van der Waals surface area contributed by atoms with E-state index in [1.165, 1.54) is 6.08 Å². The van der Waals surface area contributed by atoms with Gasteiger partial charge in [0.15, 0.2) is 5.75 Å². The second-order valence-corrected chi connectivity index (χ2v) is 9.31. The summed E-state index contributed by atoms with van der Waals surface area (Å²) < 4.78 is 6.91. The van der Waals surface area contributed by atoms with E-state index in [0.29, 0.717) is 28.6 Å². The van der Waals surface area contributed by atoms with Gasteiger partial charge in [-0.05, 0) is 88.7 Å². The van der Waals surface area contributed by atoms with Gasteiger partial charge in [0.05, 0.1) is 10.0 Å². The van der Waals surface area contributed by atoms with Crippen LogP contribution >= 0.6 is 57.4 Å². The fourth-order valence-corrected chi connectivity index (χ4v) is 3.92. The highest BCUT2D eigenvalue weighted by atomic mass is 127. The van der Waals surface area contributed by atoms with Gasteiger partial charge in [-0.1, -0.05) is 53.0 Å². The van der Waals surface area contributed by atoms with E-state index in [2.05, 4.69) is 27.9 Å². The second-order valence-electron chi connectivity index (χ2n) is 6.81. The lowest BCUT2D eigenvalue weighted by molar-refractivity contribution is -0.112. The van der Waals surface area contributed by atoms with Crippen molar-refractivity contribution in [1.82, 2.24) is 0 Å². The summed E-state index contributed by atoms with van der Waals surface area (Å²) in [6.07, 6.45) is 1.41. The number of nitrogens with one attached hydrogen (secondary N) is 1. The van der Waals surface area contributed by atoms with E-state index in [1.54, 1.807) is 30.3 Å². The number of carbonyl (C=O) groups is 1. The Morgan fingerprint density at radius 3 is 2.38 bits per heavy atom. The lowest BCUT2D eigenvalue weighted by atomic mass is 10.1. The molecular weight excluding hydrogens is 582 g/mol.